The molecule has 1 aromatic heterocycles. The summed E-state index contributed by atoms with van der Waals surface area (Å²) in [5, 5.41) is 4.97. The van der Waals surface area contributed by atoms with Crippen LogP contribution in [0, 0.1) is 0 Å². The van der Waals surface area contributed by atoms with E-state index in [1.165, 1.54) is 5.69 Å². The topological polar surface area (TPSA) is 35.6 Å². The molecule has 0 radical (unpaired) electrons. The standard InChI is InChI=1S/C22H24ClN3OS/c23-18-6-8-19(9-7-18)26-14-12-25(13-15-26)11-3-10-24-22(27)21-16-17-4-1-2-5-20(17)28-21/h1-2,4-9,16H,3,10-15H2,(H,24,27). The third-order valence-corrected chi connectivity index (χ3v) is 6.52. The minimum absolute atomic E-state index is 0.0359. The fourth-order valence-corrected chi connectivity index (χ4v) is 4.67. The zero-order chi connectivity index (χ0) is 19.3. The van der Waals surface area contributed by atoms with E-state index in [1.807, 2.05) is 36.4 Å². The molecule has 6 heteroatoms. The van der Waals surface area contributed by atoms with Gasteiger partial charge in [0.1, 0.15) is 0 Å². The van der Waals surface area contributed by atoms with E-state index < -0.39 is 0 Å². The van der Waals surface area contributed by atoms with Crippen LogP contribution in [0.5, 0.6) is 0 Å². The molecule has 1 aliphatic rings. The number of carbonyl (C=O) groups excluding carboxylic acids is 1. The lowest BCUT2D eigenvalue weighted by molar-refractivity contribution is 0.0955. The molecule has 3 aromatic rings. The smallest absolute Gasteiger partial charge is 0.261 e. The fraction of sp³-hybridized carbons (Fsp3) is 0.318. The number of rotatable bonds is 6. The zero-order valence-electron chi connectivity index (χ0n) is 15.7. The van der Waals surface area contributed by atoms with Gasteiger partial charge < -0.3 is 10.2 Å². The maximum absolute atomic E-state index is 12.4. The molecule has 0 aliphatic carbocycles. The van der Waals surface area contributed by atoms with Crippen molar-refractivity contribution >= 4 is 44.6 Å². The predicted octanol–water partition coefficient (Wildman–Crippen LogP) is 4.50. The molecule has 1 fully saturated rings. The summed E-state index contributed by atoms with van der Waals surface area (Å²) in [4.78, 5) is 18.0. The molecular weight excluding hydrogens is 390 g/mol. The molecule has 1 saturated heterocycles. The van der Waals surface area contributed by atoms with E-state index in [1.54, 1.807) is 11.3 Å². The Morgan fingerprint density at radius 3 is 2.54 bits per heavy atom. The third kappa shape index (κ3) is 4.66. The first-order valence-corrected chi connectivity index (χ1v) is 10.9. The number of thiophene rings is 1. The van der Waals surface area contributed by atoms with Crippen LogP contribution in [0.1, 0.15) is 16.1 Å². The highest BCUT2D eigenvalue weighted by atomic mass is 35.5. The summed E-state index contributed by atoms with van der Waals surface area (Å²) in [6, 6.07) is 18.2. The number of amides is 1. The maximum atomic E-state index is 12.4. The van der Waals surface area contributed by atoms with Crippen molar-refractivity contribution in [3.05, 3.63) is 64.5 Å². The molecule has 0 bridgehead atoms. The van der Waals surface area contributed by atoms with Crippen LogP contribution >= 0.6 is 22.9 Å². The number of piperazine rings is 1. The number of hydrogen-bond acceptors (Lipinski definition) is 4. The van der Waals surface area contributed by atoms with Crippen molar-refractivity contribution in [1.29, 1.82) is 0 Å². The molecule has 0 saturated carbocycles. The van der Waals surface area contributed by atoms with Gasteiger partial charge >= 0.3 is 0 Å². The van der Waals surface area contributed by atoms with Crippen LogP contribution in [0.3, 0.4) is 0 Å². The van der Waals surface area contributed by atoms with Crippen molar-refractivity contribution < 1.29 is 4.79 Å². The van der Waals surface area contributed by atoms with Gasteiger partial charge in [-0.1, -0.05) is 29.8 Å². The highest BCUT2D eigenvalue weighted by Crippen LogP contribution is 2.25. The van der Waals surface area contributed by atoms with Crippen LogP contribution in [0.25, 0.3) is 10.1 Å². The first-order valence-electron chi connectivity index (χ1n) is 9.69. The van der Waals surface area contributed by atoms with Gasteiger partial charge in [0.05, 0.1) is 4.88 Å². The first-order chi connectivity index (χ1) is 13.7. The van der Waals surface area contributed by atoms with Crippen molar-refractivity contribution in [3.8, 4) is 0 Å². The van der Waals surface area contributed by atoms with Gasteiger partial charge in [-0.3, -0.25) is 9.69 Å². The first kappa shape index (κ1) is 19.2. The minimum atomic E-state index is 0.0359. The fourth-order valence-electron chi connectivity index (χ4n) is 3.57. The number of nitrogens with zero attached hydrogens (tertiary/aromatic N) is 2. The van der Waals surface area contributed by atoms with Crippen LogP contribution in [0.2, 0.25) is 5.02 Å². The Hall–Kier alpha value is -2.08. The van der Waals surface area contributed by atoms with E-state index in [4.69, 9.17) is 11.6 Å². The van der Waals surface area contributed by atoms with E-state index >= 15 is 0 Å². The zero-order valence-corrected chi connectivity index (χ0v) is 17.3. The Morgan fingerprint density at radius 1 is 1.04 bits per heavy atom. The highest BCUT2D eigenvalue weighted by molar-refractivity contribution is 7.20. The summed E-state index contributed by atoms with van der Waals surface area (Å²) in [6.45, 7) is 5.87. The molecule has 0 atom stereocenters. The van der Waals surface area contributed by atoms with Crippen molar-refractivity contribution in [1.82, 2.24) is 10.2 Å². The number of halogens is 1. The molecule has 0 spiro atoms. The van der Waals surface area contributed by atoms with Gasteiger partial charge in [-0.05, 0) is 54.8 Å². The van der Waals surface area contributed by atoms with Gasteiger partial charge in [0.25, 0.3) is 5.91 Å². The van der Waals surface area contributed by atoms with Gasteiger partial charge in [0.15, 0.2) is 0 Å². The van der Waals surface area contributed by atoms with Crippen LogP contribution in [-0.2, 0) is 0 Å². The molecule has 1 amide bonds. The lowest BCUT2D eigenvalue weighted by atomic mass is 10.2. The Labute approximate surface area is 174 Å². The van der Waals surface area contributed by atoms with E-state index in [0.717, 1.165) is 59.1 Å². The molecule has 2 heterocycles. The summed E-state index contributed by atoms with van der Waals surface area (Å²) >= 11 is 7.52. The molecule has 0 unspecified atom stereocenters. The van der Waals surface area contributed by atoms with Crippen LogP contribution < -0.4 is 10.2 Å². The van der Waals surface area contributed by atoms with E-state index in [2.05, 4.69) is 33.3 Å². The Kier molecular flexibility index (Phi) is 6.15. The minimum Gasteiger partial charge on any atom is -0.369 e. The van der Waals surface area contributed by atoms with Gasteiger partial charge in [0.2, 0.25) is 0 Å². The quantitative estimate of drug-likeness (QED) is 0.604. The third-order valence-electron chi connectivity index (χ3n) is 5.15. The van der Waals surface area contributed by atoms with Gasteiger partial charge in [-0.2, -0.15) is 0 Å². The van der Waals surface area contributed by atoms with E-state index in [-0.39, 0.29) is 5.91 Å². The number of hydrogen-bond donors (Lipinski definition) is 1. The number of nitrogens with one attached hydrogen (secondary N) is 1. The maximum Gasteiger partial charge on any atom is 0.261 e. The molecule has 28 heavy (non-hydrogen) atoms. The summed E-state index contributed by atoms with van der Waals surface area (Å²) in [6.07, 6.45) is 0.970. The second-order valence-electron chi connectivity index (χ2n) is 7.06. The largest absolute Gasteiger partial charge is 0.369 e. The van der Waals surface area contributed by atoms with E-state index in [0.29, 0.717) is 6.54 Å². The monoisotopic (exact) mass is 413 g/mol. The number of fused-ring (bicyclic) bond motifs is 1. The molecule has 4 rings (SSSR count). The number of carbonyl (C=O) groups is 1. The summed E-state index contributed by atoms with van der Waals surface area (Å²) in [5.41, 5.74) is 1.24. The molecule has 2 aromatic carbocycles. The van der Waals surface area contributed by atoms with Crippen molar-refractivity contribution in [2.24, 2.45) is 0 Å². The SMILES string of the molecule is O=C(NCCCN1CCN(c2ccc(Cl)cc2)CC1)c1cc2ccccc2s1. The Morgan fingerprint density at radius 2 is 1.79 bits per heavy atom. The Bertz CT molecular complexity index is 899. The van der Waals surface area contributed by atoms with Gasteiger partial charge in [-0.15, -0.1) is 11.3 Å². The molecule has 146 valence electrons. The average Bonchev–Trinajstić information content (AvgIpc) is 3.17. The number of anilines is 1. The second kappa shape index (κ2) is 8.95. The lowest BCUT2D eigenvalue weighted by Gasteiger charge is -2.36. The second-order valence-corrected chi connectivity index (χ2v) is 8.58. The van der Waals surface area contributed by atoms with Crippen LogP contribution in [0.4, 0.5) is 5.69 Å². The van der Waals surface area contributed by atoms with Crippen molar-refractivity contribution in [2.45, 2.75) is 6.42 Å². The van der Waals surface area contributed by atoms with Crippen molar-refractivity contribution in [3.63, 3.8) is 0 Å². The molecule has 1 aliphatic heterocycles. The van der Waals surface area contributed by atoms with Crippen LogP contribution in [0.15, 0.2) is 54.6 Å². The van der Waals surface area contributed by atoms with Crippen molar-refractivity contribution in [2.75, 3.05) is 44.2 Å². The molecular formula is C22H24ClN3OS. The Balaban J connectivity index is 1.18. The predicted molar refractivity (Wildman–Crippen MR) is 119 cm³/mol. The average molecular weight is 414 g/mol. The summed E-state index contributed by atoms with van der Waals surface area (Å²) in [7, 11) is 0. The van der Waals surface area contributed by atoms with Gasteiger partial charge in [-0.25, -0.2) is 0 Å². The lowest BCUT2D eigenvalue weighted by Crippen LogP contribution is -2.47. The summed E-state index contributed by atoms with van der Waals surface area (Å²) in [5.74, 6) is 0.0359. The van der Waals surface area contributed by atoms with Crippen LogP contribution in [-0.4, -0.2) is 50.1 Å². The highest BCUT2D eigenvalue weighted by Gasteiger charge is 2.17. The normalized spacial score (nSPS) is 15.1. The van der Waals surface area contributed by atoms with Gasteiger partial charge in [0, 0.05) is 48.1 Å². The molecule has 1 N–H and O–H groups in total. The molecule has 4 nitrogen and oxygen atoms in total. The van der Waals surface area contributed by atoms with E-state index in [9.17, 15) is 4.79 Å². The summed E-state index contributed by atoms with van der Waals surface area (Å²) < 4.78 is 1.16. The number of benzene rings is 2.